The van der Waals surface area contributed by atoms with E-state index in [4.69, 9.17) is 4.74 Å². The molecule has 2 N–H and O–H groups in total. The fourth-order valence-electron chi connectivity index (χ4n) is 2.29. The van der Waals surface area contributed by atoms with Crippen molar-refractivity contribution in [3.8, 4) is 11.7 Å². The normalized spacial score (nSPS) is 10.4. The lowest BCUT2D eigenvalue weighted by Crippen LogP contribution is -2.20. The third-order valence-corrected chi connectivity index (χ3v) is 3.62. The number of aryl methyl sites for hydroxylation is 2. The standard InChI is InChI=1S/C17H18N6O2/c1-11-8-14(25-3)4-5-15(11)22-17(24)21-13-9-19-16(20-10-13)23-7-6-18-12(23)2/h4-10H,1-3H3,(H2,21,22,24). The number of hydrogen-bond donors (Lipinski definition) is 2. The van der Waals surface area contributed by atoms with Gasteiger partial charge < -0.3 is 15.4 Å². The van der Waals surface area contributed by atoms with Gasteiger partial charge >= 0.3 is 6.03 Å². The number of anilines is 2. The molecule has 1 aromatic carbocycles. The van der Waals surface area contributed by atoms with Crippen molar-refractivity contribution in [1.29, 1.82) is 0 Å². The van der Waals surface area contributed by atoms with Crippen LogP contribution >= 0.6 is 0 Å². The number of amides is 2. The first kappa shape index (κ1) is 16.4. The minimum absolute atomic E-state index is 0.372. The van der Waals surface area contributed by atoms with Crippen molar-refractivity contribution in [2.45, 2.75) is 13.8 Å². The molecule has 0 atom stereocenters. The molecule has 25 heavy (non-hydrogen) atoms. The number of nitrogens with one attached hydrogen (secondary N) is 2. The van der Waals surface area contributed by atoms with E-state index in [9.17, 15) is 4.79 Å². The maximum Gasteiger partial charge on any atom is 0.323 e. The molecule has 0 aliphatic carbocycles. The number of benzene rings is 1. The summed E-state index contributed by atoms with van der Waals surface area (Å²) >= 11 is 0. The molecular formula is C17H18N6O2. The Morgan fingerprint density at radius 2 is 1.88 bits per heavy atom. The molecule has 0 bridgehead atoms. The summed E-state index contributed by atoms with van der Waals surface area (Å²) in [5.41, 5.74) is 2.09. The first-order chi connectivity index (χ1) is 12.1. The fourth-order valence-corrected chi connectivity index (χ4v) is 2.29. The molecule has 0 radical (unpaired) electrons. The van der Waals surface area contributed by atoms with Crippen molar-refractivity contribution in [3.63, 3.8) is 0 Å². The summed E-state index contributed by atoms with van der Waals surface area (Å²) in [6.07, 6.45) is 6.54. The number of rotatable bonds is 4. The van der Waals surface area contributed by atoms with E-state index >= 15 is 0 Å². The summed E-state index contributed by atoms with van der Waals surface area (Å²) in [5, 5.41) is 5.49. The van der Waals surface area contributed by atoms with Crippen molar-refractivity contribution in [3.05, 3.63) is 54.4 Å². The Bertz CT molecular complexity index is 888. The second kappa shape index (κ2) is 7.00. The van der Waals surface area contributed by atoms with Crippen LogP contribution in [0.2, 0.25) is 0 Å². The van der Waals surface area contributed by atoms with Gasteiger partial charge in [0.15, 0.2) is 0 Å². The van der Waals surface area contributed by atoms with E-state index in [1.807, 2.05) is 19.9 Å². The molecule has 3 aromatic rings. The van der Waals surface area contributed by atoms with Gasteiger partial charge in [-0.3, -0.25) is 4.57 Å². The fraction of sp³-hybridized carbons (Fsp3) is 0.176. The molecule has 128 valence electrons. The van der Waals surface area contributed by atoms with Crippen LogP contribution in [0.5, 0.6) is 5.75 Å². The number of urea groups is 1. The van der Waals surface area contributed by atoms with Crippen LogP contribution in [0.3, 0.4) is 0 Å². The van der Waals surface area contributed by atoms with E-state index in [1.165, 1.54) is 0 Å². The molecule has 2 aromatic heterocycles. The molecule has 0 aliphatic heterocycles. The second-order valence-corrected chi connectivity index (χ2v) is 5.38. The van der Waals surface area contributed by atoms with E-state index in [2.05, 4.69) is 25.6 Å². The third kappa shape index (κ3) is 3.74. The number of aromatic nitrogens is 4. The van der Waals surface area contributed by atoms with Crippen molar-refractivity contribution in [1.82, 2.24) is 19.5 Å². The van der Waals surface area contributed by atoms with Gasteiger partial charge in [-0.05, 0) is 37.6 Å². The van der Waals surface area contributed by atoms with E-state index in [1.54, 1.807) is 48.6 Å². The SMILES string of the molecule is COc1ccc(NC(=O)Nc2cnc(-n3ccnc3C)nc2)c(C)c1. The third-order valence-electron chi connectivity index (χ3n) is 3.62. The Morgan fingerprint density at radius 3 is 2.48 bits per heavy atom. The highest BCUT2D eigenvalue weighted by Crippen LogP contribution is 2.21. The summed E-state index contributed by atoms with van der Waals surface area (Å²) in [6, 6.07) is 5.05. The molecule has 8 heteroatoms. The number of hydrogen-bond acceptors (Lipinski definition) is 5. The van der Waals surface area contributed by atoms with Crippen LogP contribution in [0.25, 0.3) is 5.95 Å². The van der Waals surface area contributed by atoms with Gasteiger partial charge in [0.05, 0.1) is 25.2 Å². The number of methoxy groups -OCH3 is 1. The van der Waals surface area contributed by atoms with Crippen molar-refractivity contribution in [2.24, 2.45) is 0 Å². The lowest BCUT2D eigenvalue weighted by atomic mass is 10.2. The van der Waals surface area contributed by atoms with Crippen LogP contribution in [-0.2, 0) is 0 Å². The highest BCUT2D eigenvalue weighted by atomic mass is 16.5. The summed E-state index contributed by atoms with van der Waals surface area (Å²) in [6.45, 7) is 3.75. The first-order valence-electron chi connectivity index (χ1n) is 7.62. The smallest absolute Gasteiger partial charge is 0.323 e. The maximum absolute atomic E-state index is 12.1. The highest BCUT2D eigenvalue weighted by Gasteiger charge is 2.08. The van der Waals surface area contributed by atoms with E-state index in [0.717, 1.165) is 17.1 Å². The van der Waals surface area contributed by atoms with Gasteiger partial charge in [0.25, 0.3) is 0 Å². The molecule has 8 nitrogen and oxygen atoms in total. The molecule has 0 aliphatic rings. The number of nitrogens with zero attached hydrogens (tertiary/aromatic N) is 4. The van der Waals surface area contributed by atoms with Crippen LogP contribution in [0.1, 0.15) is 11.4 Å². The zero-order valence-electron chi connectivity index (χ0n) is 14.1. The van der Waals surface area contributed by atoms with Crippen molar-refractivity contribution < 1.29 is 9.53 Å². The molecule has 0 fully saturated rings. The van der Waals surface area contributed by atoms with Crippen LogP contribution in [0, 0.1) is 13.8 Å². The average molecular weight is 338 g/mol. The summed E-state index contributed by atoms with van der Waals surface area (Å²) in [4.78, 5) is 24.7. The topological polar surface area (TPSA) is 94.0 Å². The molecule has 2 heterocycles. The Morgan fingerprint density at radius 1 is 1.12 bits per heavy atom. The van der Waals surface area contributed by atoms with Gasteiger partial charge in [0.1, 0.15) is 11.6 Å². The van der Waals surface area contributed by atoms with E-state index in [-0.39, 0.29) is 6.03 Å². The van der Waals surface area contributed by atoms with Crippen LogP contribution in [0.15, 0.2) is 43.0 Å². The molecule has 0 spiro atoms. The lowest BCUT2D eigenvalue weighted by Gasteiger charge is -2.11. The molecule has 3 rings (SSSR count). The molecule has 0 saturated carbocycles. The van der Waals surface area contributed by atoms with E-state index < -0.39 is 0 Å². The quantitative estimate of drug-likeness (QED) is 0.763. The molecule has 2 amide bonds. The second-order valence-electron chi connectivity index (χ2n) is 5.38. The average Bonchev–Trinajstić information content (AvgIpc) is 3.03. The first-order valence-corrected chi connectivity index (χ1v) is 7.62. The molecule has 0 saturated heterocycles. The maximum atomic E-state index is 12.1. The minimum Gasteiger partial charge on any atom is -0.497 e. The largest absolute Gasteiger partial charge is 0.497 e. The number of carbonyl (C=O) groups is 1. The van der Waals surface area contributed by atoms with Crippen LogP contribution in [0.4, 0.5) is 16.2 Å². The van der Waals surface area contributed by atoms with Gasteiger partial charge in [0.2, 0.25) is 5.95 Å². The highest BCUT2D eigenvalue weighted by molar-refractivity contribution is 6.00. The summed E-state index contributed by atoms with van der Waals surface area (Å²) in [5.74, 6) is 2.02. The van der Waals surface area contributed by atoms with Gasteiger partial charge in [-0.25, -0.2) is 19.7 Å². The monoisotopic (exact) mass is 338 g/mol. The van der Waals surface area contributed by atoms with Gasteiger partial charge in [-0.15, -0.1) is 0 Å². The van der Waals surface area contributed by atoms with Gasteiger partial charge in [-0.2, -0.15) is 0 Å². The Balaban J connectivity index is 1.66. The Hall–Kier alpha value is -3.42. The lowest BCUT2D eigenvalue weighted by molar-refractivity contribution is 0.262. The Labute approximate surface area is 144 Å². The Kier molecular flexibility index (Phi) is 4.60. The summed E-state index contributed by atoms with van der Waals surface area (Å²) < 4.78 is 6.90. The zero-order valence-corrected chi connectivity index (χ0v) is 14.1. The van der Waals surface area contributed by atoms with Gasteiger partial charge in [0, 0.05) is 18.1 Å². The van der Waals surface area contributed by atoms with Crippen molar-refractivity contribution >= 4 is 17.4 Å². The van der Waals surface area contributed by atoms with Crippen LogP contribution in [-0.4, -0.2) is 32.7 Å². The number of ether oxygens (including phenoxy) is 1. The minimum atomic E-state index is -0.372. The predicted molar refractivity (Wildman–Crippen MR) is 94.3 cm³/mol. The van der Waals surface area contributed by atoms with Gasteiger partial charge in [-0.1, -0.05) is 0 Å². The molecule has 0 unspecified atom stereocenters. The van der Waals surface area contributed by atoms with Crippen LogP contribution < -0.4 is 15.4 Å². The van der Waals surface area contributed by atoms with Crippen molar-refractivity contribution in [2.75, 3.05) is 17.7 Å². The van der Waals surface area contributed by atoms with E-state index in [0.29, 0.717) is 17.3 Å². The number of carbonyl (C=O) groups excluding carboxylic acids is 1. The summed E-state index contributed by atoms with van der Waals surface area (Å²) in [7, 11) is 1.60. The predicted octanol–water partition coefficient (Wildman–Crippen LogP) is 2.93. The zero-order chi connectivity index (χ0) is 17.8. The molecular weight excluding hydrogens is 320 g/mol. The number of imidazole rings is 1.